The molecule has 1 rings (SSSR count). The second kappa shape index (κ2) is 3.45. The molecule has 0 spiro atoms. The first-order valence-electron chi connectivity index (χ1n) is 3.04. The minimum Gasteiger partial charge on any atom is -0.369 e. The molecule has 1 amide bonds. The Kier molecular flexibility index (Phi) is 2.35. The van der Waals surface area contributed by atoms with Crippen molar-refractivity contribution in [2.75, 3.05) is 0 Å². The maximum atomic E-state index is 10.4. The summed E-state index contributed by atoms with van der Waals surface area (Å²) < 4.78 is 4.52. The average molecular weight is 167 g/mol. The lowest BCUT2D eigenvalue weighted by Gasteiger charge is -1.83. The van der Waals surface area contributed by atoms with E-state index in [1.54, 1.807) is 0 Å². The van der Waals surface area contributed by atoms with Crippen molar-refractivity contribution in [1.82, 2.24) is 5.16 Å². The summed E-state index contributed by atoms with van der Waals surface area (Å²) in [5, 5.41) is 3.43. The van der Waals surface area contributed by atoms with Crippen LogP contribution in [0.3, 0.4) is 0 Å². The number of hydrogen-bond donors (Lipinski definition) is 1. The zero-order chi connectivity index (χ0) is 8.97. The van der Waals surface area contributed by atoms with Crippen molar-refractivity contribution in [2.45, 2.75) is 6.42 Å². The fraction of sp³-hybridized carbons (Fsp3) is 0.167. The third kappa shape index (κ3) is 2.03. The quantitative estimate of drug-likeness (QED) is 0.492. The number of amides is 1. The van der Waals surface area contributed by atoms with Crippen LogP contribution in [0.5, 0.6) is 0 Å². The fourth-order valence-electron chi connectivity index (χ4n) is 0.660. The van der Waals surface area contributed by atoms with E-state index in [2.05, 4.69) is 14.7 Å². The molecule has 1 aromatic heterocycles. The predicted octanol–water partition coefficient (Wildman–Crippen LogP) is -0.330. The summed E-state index contributed by atoms with van der Waals surface area (Å²) in [6, 6.07) is 1.34. The molecule has 12 heavy (non-hydrogen) atoms. The topological polar surface area (TPSA) is 98.6 Å². The van der Waals surface area contributed by atoms with Gasteiger partial charge in [0.1, 0.15) is 0 Å². The zero-order valence-corrected chi connectivity index (χ0v) is 5.98. The van der Waals surface area contributed by atoms with Gasteiger partial charge in [-0.15, -0.1) is 4.99 Å². The summed E-state index contributed by atoms with van der Waals surface area (Å²) in [5.41, 5.74) is 5.22. The molecule has 0 fully saturated rings. The summed E-state index contributed by atoms with van der Waals surface area (Å²) in [6.07, 6.45) is 1.25. The summed E-state index contributed by atoms with van der Waals surface area (Å²) in [4.78, 5) is 23.3. The zero-order valence-electron chi connectivity index (χ0n) is 5.98. The van der Waals surface area contributed by atoms with Gasteiger partial charge in [0, 0.05) is 6.07 Å². The van der Waals surface area contributed by atoms with E-state index in [-0.39, 0.29) is 12.3 Å². The first-order valence-corrected chi connectivity index (χ1v) is 3.04. The Labute approximate surface area is 67.0 Å². The van der Waals surface area contributed by atoms with Gasteiger partial charge in [-0.2, -0.15) is 0 Å². The van der Waals surface area contributed by atoms with Crippen molar-refractivity contribution < 1.29 is 14.1 Å². The highest BCUT2D eigenvalue weighted by Crippen LogP contribution is 2.12. The number of isocyanates is 1. The molecule has 62 valence electrons. The highest BCUT2D eigenvalue weighted by molar-refractivity contribution is 5.76. The number of aliphatic imine (C=N–C) groups is 1. The van der Waals surface area contributed by atoms with Gasteiger partial charge in [0.2, 0.25) is 12.0 Å². The van der Waals surface area contributed by atoms with E-state index >= 15 is 0 Å². The number of aromatic nitrogens is 1. The Bertz CT molecular complexity index is 338. The van der Waals surface area contributed by atoms with E-state index < -0.39 is 5.91 Å². The van der Waals surface area contributed by atoms with Gasteiger partial charge in [0.25, 0.3) is 5.88 Å². The van der Waals surface area contributed by atoms with E-state index in [9.17, 15) is 9.59 Å². The minimum atomic E-state index is -0.523. The molecule has 0 aliphatic carbocycles. The molecule has 1 aromatic rings. The molecule has 0 aliphatic heterocycles. The van der Waals surface area contributed by atoms with E-state index in [0.29, 0.717) is 5.69 Å². The molecule has 0 atom stereocenters. The lowest BCUT2D eigenvalue weighted by atomic mass is 10.3. The predicted molar refractivity (Wildman–Crippen MR) is 37.2 cm³/mol. The second-order valence-electron chi connectivity index (χ2n) is 2.00. The summed E-state index contributed by atoms with van der Waals surface area (Å²) in [6.45, 7) is 0. The molecule has 2 N–H and O–H groups in total. The van der Waals surface area contributed by atoms with Crippen LogP contribution < -0.4 is 5.73 Å². The molecular weight excluding hydrogens is 162 g/mol. The van der Waals surface area contributed by atoms with Crippen LogP contribution in [0.4, 0.5) is 5.88 Å². The Hall–Kier alpha value is -1.94. The maximum absolute atomic E-state index is 10.4. The Morgan fingerprint density at radius 2 is 2.58 bits per heavy atom. The first kappa shape index (κ1) is 8.16. The van der Waals surface area contributed by atoms with Crippen molar-refractivity contribution in [3.05, 3.63) is 11.8 Å². The molecule has 0 saturated carbocycles. The maximum Gasteiger partial charge on any atom is 0.261 e. The van der Waals surface area contributed by atoms with E-state index in [1.807, 2.05) is 0 Å². The van der Waals surface area contributed by atoms with Crippen LogP contribution in [0.1, 0.15) is 5.69 Å². The van der Waals surface area contributed by atoms with Gasteiger partial charge in [-0.05, 0) is 0 Å². The number of nitrogens with two attached hydrogens (primary N) is 1. The monoisotopic (exact) mass is 167 g/mol. The molecular formula is C6H5N3O3. The molecule has 1 heterocycles. The van der Waals surface area contributed by atoms with Gasteiger partial charge in [0.05, 0.1) is 12.1 Å². The Balaban J connectivity index is 2.77. The highest BCUT2D eigenvalue weighted by atomic mass is 16.5. The van der Waals surface area contributed by atoms with Crippen molar-refractivity contribution in [2.24, 2.45) is 10.7 Å². The van der Waals surface area contributed by atoms with Gasteiger partial charge in [-0.1, -0.05) is 5.16 Å². The van der Waals surface area contributed by atoms with Crippen molar-refractivity contribution in [3.8, 4) is 0 Å². The smallest absolute Gasteiger partial charge is 0.261 e. The fourth-order valence-corrected chi connectivity index (χ4v) is 0.660. The van der Waals surface area contributed by atoms with Crippen LogP contribution in [-0.2, 0) is 16.0 Å². The minimum absolute atomic E-state index is 0.0150. The molecule has 6 nitrogen and oxygen atoms in total. The van der Waals surface area contributed by atoms with Gasteiger partial charge < -0.3 is 10.3 Å². The molecule has 0 aliphatic rings. The van der Waals surface area contributed by atoms with E-state index in [0.717, 1.165) is 0 Å². The highest BCUT2D eigenvalue weighted by Gasteiger charge is 2.04. The average Bonchev–Trinajstić information content (AvgIpc) is 2.36. The summed E-state index contributed by atoms with van der Waals surface area (Å²) >= 11 is 0. The standard InChI is InChI=1S/C6H5N3O3/c7-5(11)1-4-2-6(8-3-10)12-9-4/h2H,1H2,(H2,7,11). The van der Waals surface area contributed by atoms with Crippen molar-refractivity contribution in [1.29, 1.82) is 0 Å². The number of carbonyl (C=O) groups is 1. The second-order valence-corrected chi connectivity index (χ2v) is 2.00. The van der Waals surface area contributed by atoms with Gasteiger partial charge in [0.15, 0.2) is 0 Å². The van der Waals surface area contributed by atoms with E-state index in [1.165, 1.54) is 12.1 Å². The molecule has 0 aromatic carbocycles. The lowest BCUT2D eigenvalue weighted by molar-refractivity contribution is -0.117. The SMILES string of the molecule is NC(=O)Cc1cc(N=C=O)on1. The number of primary amides is 1. The molecule has 0 saturated heterocycles. The molecule has 0 radical (unpaired) electrons. The van der Waals surface area contributed by atoms with Crippen LogP contribution in [0.2, 0.25) is 0 Å². The normalized spacial score (nSPS) is 9.00. The first-order chi connectivity index (χ1) is 5.72. The third-order valence-electron chi connectivity index (χ3n) is 1.06. The lowest BCUT2D eigenvalue weighted by Crippen LogP contribution is -2.13. The van der Waals surface area contributed by atoms with E-state index in [4.69, 9.17) is 5.73 Å². The summed E-state index contributed by atoms with van der Waals surface area (Å²) in [7, 11) is 0. The molecule has 0 bridgehead atoms. The number of rotatable bonds is 3. The van der Waals surface area contributed by atoms with Crippen molar-refractivity contribution >= 4 is 17.9 Å². The van der Waals surface area contributed by atoms with Crippen LogP contribution in [0.15, 0.2) is 15.6 Å². The largest absolute Gasteiger partial charge is 0.369 e. The molecule has 0 unspecified atom stereocenters. The Morgan fingerprint density at radius 3 is 3.17 bits per heavy atom. The number of carbonyl (C=O) groups excluding carboxylic acids is 2. The summed E-state index contributed by atoms with van der Waals surface area (Å²) in [5.74, 6) is -0.508. The van der Waals surface area contributed by atoms with Gasteiger partial charge in [-0.3, -0.25) is 4.79 Å². The van der Waals surface area contributed by atoms with Crippen LogP contribution >= 0.6 is 0 Å². The third-order valence-corrected chi connectivity index (χ3v) is 1.06. The van der Waals surface area contributed by atoms with Crippen LogP contribution in [0.25, 0.3) is 0 Å². The van der Waals surface area contributed by atoms with Gasteiger partial charge in [-0.25, -0.2) is 4.79 Å². The van der Waals surface area contributed by atoms with Crippen molar-refractivity contribution in [3.63, 3.8) is 0 Å². The van der Waals surface area contributed by atoms with Crippen LogP contribution in [0, 0.1) is 0 Å². The number of nitrogens with zero attached hydrogens (tertiary/aromatic N) is 2. The molecule has 6 heteroatoms. The number of hydrogen-bond acceptors (Lipinski definition) is 5. The van der Waals surface area contributed by atoms with Gasteiger partial charge >= 0.3 is 0 Å². The van der Waals surface area contributed by atoms with Crippen LogP contribution in [-0.4, -0.2) is 17.1 Å². The Morgan fingerprint density at radius 1 is 1.83 bits per heavy atom.